The smallest absolute Gasteiger partial charge is 0.0561 e. The Kier molecular flexibility index (Phi) is 8.39. The highest BCUT2D eigenvalue weighted by molar-refractivity contribution is 6.24. The lowest BCUT2D eigenvalue weighted by Crippen LogP contribution is -2.16. The topological polar surface area (TPSA) is 8.17 Å². The van der Waals surface area contributed by atoms with Crippen molar-refractivity contribution in [3.63, 3.8) is 0 Å². The van der Waals surface area contributed by atoms with Gasteiger partial charge in [0.05, 0.1) is 11.2 Å². The van der Waals surface area contributed by atoms with E-state index >= 15 is 0 Å². The van der Waals surface area contributed by atoms with E-state index < -0.39 is 0 Å². The third-order valence-electron chi connectivity index (χ3n) is 11.8. The Morgan fingerprint density at radius 3 is 2.07 bits per heavy atom. The molecule has 2 nitrogen and oxygen atoms in total. The normalized spacial score (nSPS) is 13.3. The maximum atomic E-state index is 3.47. The quantitative estimate of drug-likeness (QED) is 0.141. The molecule has 1 heterocycles. The van der Waals surface area contributed by atoms with Gasteiger partial charge >= 0.3 is 0 Å². The van der Waals surface area contributed by atoms with Crippen molar-refractivity contribution < 1.29 is 0 Å². The van der Waals surface area contributed by atoms with Gasteiger partial charge in [-0.15, -0.1) is 0 Å². The van der Waals surface area contributed by atoms with Gasteiger partial charge in [0.2, 0.25) is 0 Å². The van der Waals surface area contributed by atoms with Gasteiger partial charge in [0, 0.05) is 50.6 Å². The van der Waals surface area contributed by atoms with Crippen LogP contribution in [0.2, 0.25) is 0 Å². The summed E-state index contributed by atoms with van der Waals surface area (Å²) in [4.78, 5) is 2.47. The molecule has 0 N–H and O–H groups in total. The molecule has 1 aromatic heterocycles. The Bertz CT molecular complexity index is 3000. The minimum Gasteiger partial charge on any atom is -0.336 e. The molecule has 0 amide bonds. The fourth-order valence-electron chi connectivity index (χ4n) is 9.08. The summed E-state index contributed by atoms with van der Waals surface area (Å²) in [6, 6.07) is 68.5. The number of para-hydroxylation sites is 1. The van der Waals surface area contributed by atoms with Crippen LogP contribution in [0.4, 0.5) is 17.1 Å². The van der Waals surface area contributed by atoms with Gasteiger partial charge in [-0.3, -0.25) is 0 Å². The van der Waals surface area contributed by atoms with Crippen LogP contribution in [0.15, 0.2) is 188 Å². The number of aromatic nitrogens is 1. The second-order valence-corrected chi connectivity index (χ2v) is 15.5. The lowest BCUT2D eigenvalue weighted by molar-refractivity contribution is 0.661. The van der Waals surface area contributed by atoms with Gasteiger partial charge in [-0.1, -0.05) is 166 Å². The molecule has 0 bridgehead atoms. The highest BCUT2D eigenvalue weighted by Gasteiger charge is 2.36. The average molecular weight is 731 g/mol. The van der Waals surface area contributed by atoms with Crippen molar-refractivity contribution in [2.24, 2.45) is 0 Å². The Morgan fingerprint density at radius 1 is 0.632 bits per heavy atom. The summed E-state index contributed by atoms with van der Waals surface area (Å²) in [5, 5.41) is 4.99. The van der Waals surface area contributed by atoms with Crippen LogP contribution in [-0.4, -0.2) is 4.57 Å². The van der Waals surface area contributed by atoms with Crippen LogP contribution in [0.1, 0.15) is 37.5 Å². The van der Waals surface area contributed by atoms with E-state index in [2.05, 4.69) is 224 Å². The van der Waals surface area contributed by atoms with Gasteiger partial charge in [0.15, 0.2) is 0 Å². The van der Waals surface area contributed by atoms with Crippen LogP contribution >= 0.6 is 0 Å². The molecule has 0 radical (unpaired) electrons. The molecule has 9 aromatic rings. The third-order valence-corrected chi connectivity index (χ3v) is 11.8. The maximum absolute atomic E-state index is 3.47. The molecule has 57 heavy (non-hydrogen) atoms. The Labute approximate surface area is 335 Å². The van der Waals surface area contributed by atoms with E-state index in [-0.39, 0.29) is 5.41 Å². The van der Waals surface area contributed by atoms with Crippen LogP contribution in [-0.2, 0) is 12.0 Å². The largest absolute Gasteiger partial charge is 0.336 e. The molecule has 0 fully saturated rings. The molecule has 1 aliphatic rings. The number of hydrogen-bond donors (Lipinski definition) is 0. The molecule has 0 aliphatic heterocycles. The van der Waals surface area contributed by atoms with Crippen molar-refractivity contribution in [3.05, 3.63) is 217 Å². The Morgan fingerprint density at radius 2 is 1.30 bits per heavy atom. The van der Waals surface area contributed by atoms with E-state index in [4.69, 9.17) is 0 Å². The summed E-state index contributed by atoms with van der Waals surface area (Å²) < 4.78 is 2.50. The van der Waals surface area contributed by atoms with E-state index in [1.54, 1.807) is 0 Å². The highest BCUT2D eigenvalue weighted by atomic mass is 15.1. The van der Waals surface area contributed by atoms with Crippen LogP contribution in [0, 0.1) is 12.1 Å². The SMILES string of the molecule is C/C=C\C(=C/Cn1c2ccccc2c2c3ccccc3c(N(c3ccc(-c4ccccc4)cc3)c3ccc4c(c3)C(C)(C)c3c#cccc3-4)cc21)c1ccccc1. The van der Waals surface area contributed by atoms with E-state index in [1.165, 1.54) is 77.1 Å². The van der Waals surface area contributed by atoms with Gasteiger partial charge < -0.3 is 9.47 Å². The van der Waals surface area contributed by atoms with Gasteiger partial charge in [-0.2, -0.15) is 0 Å². The minimum absolute atomic E-state index is 0.213. The average Bonchev–Trinajstić information content (AvgIpc) is 3.70. The molecule has 8 aromatic carbocycles. The minimum atomic E-state index is -0.213. The number of fused-ring (bicyclic) bond motifs is 8. The van der Waals surface area contributed by atoms with Crippen molar-refractivity contribution in [2.45, 2.75) is 32.7 Å². The van der Waals surface area contributed by atoms with Gasteiger partial charge in [-0.25, -0.2) is 0 Å². The second-order valence-electron chi connectivity index (χ2n) is 15.5. The van der Waals surface area contributed by atoms with E-state index in [0.29, 0.717) is 0 Å². The Balaban J connectivity index is 1.23. The zero-order chi connectivity index (χ0) is 38.5. The lowest BCUT2D eigenvalue weighted by Gasteiger charge is -2.29. The lowest BCUT2D eigenvalue weighted by atomic mass is 9.83. The van der Waals surface area contributed by atoms with Gasteiger partial charge in [-0.05, 0) is 99.8 Å². The molecular weight excluding hydrogens is 689 g/mol. The van der Waals surface area contributed by atoms with E-state index in [1.807, 2.05) is 6.07 Å². The second kappa shape index (κ2) is 13.9. The summed E-state index contributed by atoms with van der Waals surface area (Å²) >= 11 is 0. The van der Waals surface area contributed by atoms with Crippen molar-refractivity contribution in [3.8, 4) is 22.3 Å². The van der Waals surface area contributed by atoms with Crippen molar-refractivity contribution in [1.82, 2.24) is 4.57 Å². The van der Waals surface area contributed by atoms with Crippen LogP contribution < -0.4 is 4.90 Å². The number of nitrogens with zero attached hydrogens (tertiary/aromatic N) is 2. The number of allylic oxidation sites excluding steroid dienone is 4. The first-order chi connectivity index (χ1) is 28.0. The molecule has 10 rings (SSSR count). The maximum Gasteiger partial charge on any atom is 0.0561 e. The fraction of sp³-hybridized carbons (Fsp3) is 0.0909. The van der Waals surface area contributed by atoms with Gasteiger partial charge in [0.25, 0.3) is 0 Å². The molecule has 0 unspecified atom stereocenters. The zero-order valence-corrected chi connectivity index (χ0v) is 32.5. The number of benzene rings is 7. The molecule has 1 aliphatic carbocycles. The van der Waals surface area contributed by atoms with Crippen LogP contribution in [0.25, 0.3) is 60.4 Å². The van der Waals surface area contributed by atoms with E-state index in [0.717, 1.165) is 23.6 Å². The number of rotatable bonds is 8. The Hall–Kier alpha value is -7.08. The summed E-state index contributed by atoms with van der Waals surface area (Å²) in [5.41, 5.74) is 15.4. The summed E-state index contributed by atoms with van der Waals surface area (Å²) in [5.74, 6) is 0. The summed E-state index contributed by atoms with van der Waals surface area (Å²) in [7, 11) is 0. The van der Waals surface area contributed by atoms with Gasteiger partial charge in [0.1, 0.15) is 0 Å². The third kappa shape index (κ3) is 5.74. The summed E-state index contributed by atoms with van der Waals surface area (Å²) in [6.45, 7) is 7.44. The summed E-state index contributed by atoms with van der Waals surface area (Å²) in [6.07, 6.45) is 6.71. The fourth-order valence-corrected chi connectivity index (χ4v) is 9.08. The predicted octanol–water partition coefficient (Wildman–Crippen LogP) is 14.7. The molecule has 0 atom stereocenters. The van der Waals surface area contributed by atoms with Crippen molar-refractivity contribution >= 4 is 55.2 Å². The van der Waals surface area contributed by atoms with Crippen LogP contribution in [0.3, 0.4) is 0 Å². The first-order valence-electron chi connectivity index (χ1n) is 19.9. The molecule has 272 valence electrons. The van der Waals surface area contributed by atoms with E-state index in [9.17, 15) is 0 Å². The molecule has 2 heteroatoms. The molecule has 0 saturated heterocycles. The molecule has 0 spiro atoms. The van der Waals surface area contributed by atoms with Crippen LogP contribution in [0.5, 0.6) is 0 Å². The first-order valence-corrected chi connectivity index (χ1v) is 19.9. The molecular formula is C55H42N2. The highest BCUT2D eigenvalue weighted by Crippen LogP contribution is 2.51. The monoisotopic (exact) mass is 730 g/mol. The van der Waals surface area contributed by atoms with Crippen molar-refractivity contribution in [1.29, 1.82) is 0 Å². The molecule has 0 saturated carbocycles. The zero-order valence-electron chi connectivity index (χ0n) is 32.5. The standard InChI is InChI=1S/C55H42N2/c1-4-17-38(39-18-7-5-8-19-39)34-35-56-51-27-16-14-25-48(51)54-47-24-12-11-23-46(47)52(37-53(54)56)57(42-30-28-41(29-31-42)40-20-9-6-10-21-40)43-32-33-45-44-22-13-15-26-49(44)55(2,3)50(45)36-43/h4-14,16-25,27-34,36-37H,35H2,1-3H3/b17-4-,38-34+. The first kappa shape index (κ1) is 34.4. The predicted molar refractivity (Wildman–Crippen MR) is 242 cm³/mol. The number of hydrogen-bond acceptors (Lipinski definition) is 1. The number of anilines is 3. The van der Waals surface area contributed by atoms with Crippen molar-refractivity contribution in [2.75, 3.05) is 4.90 Å².